The number of ether oxygens (including phenoxy) is 1. The van der Waals surface area contributed by atoms with Crippen LogP contribution >= 0.6 is 0 Å². The Morgan fingerprint density at radius 3 is 2.50 bits per heavy atom. The molecule has 0 fully saturated rings. The Labute approximate surface area is 181 Å². The number of nitrogens with zero attached hydrogens (tertiary/aromatic N) is 2. The van der Waals surface area contributed by atoms with Gasteiger partial charge in [0.25, 0.3) is 5.91 Å². The van der Waals surface area contributed by atoms with Crippen LogP contribution in [0.15, 0.2) is 60.9 Å². The summed E-state index contributed by atoms with van der Waals surface area (Å²) in [4.78, 5) is 31.6. The Balaban J connectivity index is 1.77. The number of halogens is 3. The summed E-state index contributed by atoms with van der Waals surface area (Å²) in [7, 11) is 0. The zero-order valence-electron chi connectivity index (χ0n) is 16.9. The van der Waals surface area contributed by atoms with E-state index in [1.54, 1.807) is 36.4 Å². The van der Waals surface area contributed by atoms with Gasteiger partial charge in [0.05, 0.1) is 0 Å². The highest BCUT2D eigenvalue weighted by atomic mass is 19.4. The molecule has 0 saturated carbocycles. The number of aromatic nitrogens is 2. The van der Waals surface area contributed by atoms with Gasteiger partial charge in [0, 0.05) is 37.0 Å². The highest BCUT2D eigenvalue weighted by molar-refractivity contribution is 5.96. The first kappa shape index (κ1) is 22.7. The van der Waals surface area contributed by atoms with E-state index < -0.39 is 18.7 Å². The summed E-state index contributed by atoms with van der Waals surface area (Å²) in [6.07, 6.45) is -1.77. The van der Waals surface area contributed by atoms with Crippen LogP contribution in [-0.4, -0.2) is 34.6 Å². The number of alkyl halides is 3. The van der Waals surface area contributed by atoms with Crippen molar-refractivity contribution in [2.75, 3.05) is 11.9 Å². The first-order chi connectivity index (χ1) is 15.2. The molecule has 7 nitrogen and oxygen atoms in total. The van der Waals surface area contributed by atoms with Gasteiger partial charge in [-0.3, -0.25) is 9.59 Å². The van der Waals surface area contributed by atoms with Gasteiger partial charge < -0.3 is 15.4 Å². The first-order valence-electron chi connectivity index (χ1n) is 9.47. The molecule has 2 N–H and O–H groups in total. The zero-order chi connectivity index (χ0) is 23.1. The van der Waals surface area contributed by atoms with Crippen molar-refractivity contribution in [2.24, 2.45) is 0 Å². The molecule has 2 aromatic heterocycles. The Morgan fingerprint density at radius 2 is 1.81 bits per heavy atom. The summed E-state index contributed by atoms with van der Waals surface area (Å²) in [5, 5.41) is 5.20. The number of carbonyl (C=O) groups excluding carboxylic acids is 2. The molecule has 10 heteroatoms. The molecule has 2 amide bonds. The van der Waals surface area contributed by atoms with E-state index in [0.717, 1.165) is 0 Å². The summed E-state index contributed by atoms with van der Waals surface area (Å²) in [6, 6.07) is 13.2. The van der Waals surface area contributed by atoms with Gasteiger partial charge in [0.15, 0.2) is 6.61 Å². The Hall–Kier alpha value is -3.95. The molecule has 1 aromatic carbocycles. The number of anilines is 1. The quantitative estimate of drug-likeness (QED) is 0.575. The summed E-state index contributed by atoms with van der Waals surface area (Å²) < 4.78 is 42.7. The summed E-state index contributed by atoms with van der Waals surface area (Å²) in [6.45, 7) is -0.0641. The van der Waals surface area contributed by atoms with Crippen LogP contribution in [0.1, 0.15) is 22.8 Å². The molecule has 0 radical (unpaired) electrons. The number of amides is 2. The second-order valence-electron chi connectivity index (χ2n) is 6.76. The molecule has 32 heavy (non-hydrogen) atoms. The van der Waals surface area contributed by atoms with Gasteiger partial charge in [-0.05, 0) is 29.3 Å². The van der Waals surface area contributed by atoms with Gasteiger partial charge in [0.1, 0.15) is 5.82 Å². The van der Waals surface area contributed by atoms with E-state index in [9.17, 15) is 22.8 Å². The van der Waals surface area contributed by atoms with Crippen LogP contribution in [0.2, 0.25) is 0 Å². The molecule has 0 atom stereocenters. The lowest BCUT2D eigenvalue weighted by Crippen LogP contribution is -2.23. The number of rotatable bonds is 7. The fourth-order valence-corrected chi connectivity index (χ4v) is 2.79. The molecular weight excluding hydrogens is 425 g/mol. The number of nitrogens with one attached hydrogen (secondary N) is 2. The van der Waals surface area contributed by atoms with Crippen molar-refractivity contribution in [1.29, 1.82) is 0 Å². The molecule has 0 aliphatic rings. The lowest BCUT2D eigenvalue weighted by molar-refractivity contribution is -0.154. The summed E-state index contributed by atoms with van der Waals surface area (Å²) in [5.41, 5.74) is 1.84. The topological polar surface area (TPSA) is 93.2 Å². The molecule has 0 spiro atoms. The molecular formula is C22H19F3N4O3. The molecule has 2 heterocycles. The van der Waals surface area contributed by atoms with Crippen LogP contribution in [0, 0.1) is 0 Å². The predicted octanol–water partition coefficient (Wildman–Crippen LogP) is 3.97. The largest absolute Gasteiger partial charge is 0.468 e. The number of carbonyl (C=O) groups is 2. The maximum Gasteiger partial charge on any atom is 0.422 e. The van der Waals surface area contributed by atoms with Crippen molar-refractivity contribution in [3.05, 3.63) is 72.1 Å². The van der Waals surface area contributed by atoms with Gasteiger partial charge in [-0.1, -0.05) is 30.3 Å². The average molecular weight is 444 g/mol. The fraction of sp³-hybridized carbons (Fsp3) is 0.182. The second-order valence-corrected chi connectivity index (χ2v) is 6.76. The van der Waals surface area contributed by atoms with E-state index in [1.807, 2.05) is 0 Å². The van der Waals surface area contributed by atoms with Crippen LogP contribution in [0.5, 0.6) is 5.88 Å². The predicted molar refractivity (Wildman–Crippen MR) is 111 cm³/mol. The van der Waals surface area contributed by atoms with Crippen LogP contribution in [0.25, 0.3) is 11.1 Å². The minimum atomic E-state index is -4.50. The monoisotopic (exact) mass is 444 g/mol. The van der Waals surface area contributed by atoms with Crippen molar-refractivity contribution >= 4 is 17.6 Å². The lowest BCUT2D eigenvalue weighted by Gasteiger charge is -2.14. The van der Waals surface area contributed by atoms with Crippen LogP contribution < -0.4 is 15.4 Å². The third-order valence-corrected chi connectivity index (χ3v) is 4.14. The maximum atomic E-state index is 12.6. The smallest absolute Gasteiger partial charge is 0.422 e. The highest BCUT2D eigenvalue weighted by Crippen LogP contribution is 2.30. The Bertz CT molecular complexity index is 1110. The number of hydrogen-bond donors (Lipinski definition) is 2. The van der Waals surface area contributed by atoms with Crippen LogP contribution in [0.3, 0.4) is 0 Å². The van der Waals surface area contributed by atoms with Crippen LogP contribution in [0.4, 0.5) is 19.0 Å². The minimum absolute atomic E-state index is 0.0724. The van der Waals surface area contributed by atoms with Gasteiger partial charge in [0.2, 0.25) is 11.8 Å². The third-order valence-electron chi connectivity index (χ3n) is 4.14. The minimum Gasteiger partial charge on any atom is -0.468 e. The van der Waals surface area contributed by atoms with Gasteiger partial charge in [-0.25, -0.2) is 9.97 Å². The Kier molecular flexibility index (Phi) is 7.04. The van der Waals surface area contributed by atoms with Crippen molar-refractivity contribution in [3.63, 3.8) is 0 Å². The molecule has 0 aliphatic carbocycles. The van der Waals surface area contributed by atoms with E-state index in [0.29, 0.717) is 16.7 Å². The van der Waals surface area contributed by atoms with E-state index in [-0.39, 0.29) is 29.7 Å². The van der Waals surface area contributed by atoms with Gasteiger partial charge in [-0.15, -0.1) is 0 Å². The molecule has 0 saturated heterocycles. The zero-order valence-corrected chi connectivity index (χ0v) is 16.9. The standard InChI is InChI=1S/C22H19F3N4O3/c1-14(30)29-19-10-17(7-8-26-19)20(31)27-11-15-9-18(16-5-3-2-4-6-16)21(28-12-15)32-13-22(23,24)25/h2-10,12H,11,13H2,1H3,(H,27,31)(H,26,29,30). The van der Waals surface area contributed by atoms with Gasteiger partial charge >= 0.3 is 6.18 Å². The van der Waals surface area contributed by atoms with E-state index in [4.69, 9.17) is 4.74 Å². The lowest BCUT2D eigenvalue weighted by atomic mass is 10.1. The second kappa shape index (κ2) is 9.90. The van der Waals surface area contributed by atoms with Crippen LogP contribution in [-0.2, 0) is 11.3 Å². The fourth-order valence-electron chi connectivity index (χ4n) is 2.79. The van der Waals surface area contributed by atoms with Crippen molar-refractivity contribution in [3.8, 4) is 17.0 Å². The normalized spacial score (nSPS) is 11.0. The molecule has 3 rings (SSSR count). The van der Waals surface area contributed by atoms with Gasteiger partial charge in [-0.2, -0.15) is 13.2 Å². The van der Waals surface area contributed by atoms with Crippen molar-refractivity contribution < 1.29 is 27.5 Å². The van der Waals surface area contributed by atoms with E-state index >= 15 is 0 Å². The molecule has 166 valence electrons. The molecule has 0 aliphatic heterocycles. The maximum absolute atomic E-state index is 12.6. The number of hydrogen-bond acceptors (Lipinski definition) is 5. The van der Waals surface area contributed by atoms with Crippen molar-refractivity contribution in [2.45, 2.75) is 19.6 Å². The number of pyridine rings is 2. The SMILES string of the molecule is CC(=O)Nc1cc(C(=O)NCc2cnc(OCC(F)(F)F)c(-c3ccccc3)c2)ccn1. The molecule has 3 aromatic rings. The highest BCUT2D eigenvalue weighted by Gasteiger charge is 2.29. The third kappa shape index (κ3) is 6.53. The van der Waals surface area contributed by atoms with E-state index in [2.05, 4.69) is 20.6 Å². The Morgan fingerprint density at radius 1 is 1.06 bits per heavy atom. The van der Waals surface area contributed by atoms with Crippen molar-refractivity contribution in [1.82, 2.24) is 15.3 Å². The number of benzene rings is 1. The molecule has 0 bridgehead atoms. The first-order valence-corrected chi connectivity index (χ1v) is 9.47. The average Bonchev–Trinajstić information content (AvgIpc) is 2.76. The molecule has 0 unspecified atom stereocenters. The summed E-state index contributed by atoms with van der Waals surface area (Å²) >= 11 is 0. The summed E-state index contributed by atoms with van der Waals surface area (Å²) in [5.74, 6) is -0.651. The van der Waals surface area contributed by atoms with E-state index in [1.165, 1.54) is 31.5 Å².